The molecule has 0 aromatic carbocycles. The van der Waals surface area contributed by atoms with Gasteiger partial charge in [-0.2, -0.15) is 5.10 Å². The molecule has 0 amide bonds. The average molecular weight is 345 g/mol. The van der Waals surface area contributed by atoms with Crippen LogP contribution in [0.25, 0.3) is 11.0 Å². The number of fused-ring (bicyclic) bond motifs is 1. The van der Waals surface area contributed by atoms with Crippen molar-refractivity contribution < 1.29 is 4.74 Å². The molecule has 2 aromatic rings. The largest absolute Gasteiger partial charge is 0.359 e. The molecule has 3 aliphatic rings. The van der Waals surface area contributed by atoms with E-state index in [1.54, 1.807) is 0 Å². The summed E-state index contributed by atoms with van der Waals surface area (Å²) in [7, 11) is 1.04. The molecule has 3 saturated carbocycles. The lowest BCUT2D eigenvalue weighted by Crippen LogP contribution is -2.75. The van der Waals surface area contributed by atoms with E-state index in [1.165, 1.54) is 30.9 Å². The van der Waals surface area contributed by atoms with Gasteiger partial charge in [0.2, 0.25) is 0 Å². The fourth-order valence-electron chi connectivity index (χ4n) is 4.24. The second-order valence-corrected chi connectivity index (χ2v) is 14.6. The van der Waals surface area contributed by atoms with Crippen LogP contribution in [0.3, 0.4) is 0 Å². The fraction of sp³-hybridized carbons (Fsp3) is 0.667. The van der Waals surface area contributed by atoms with E-state index >= 15 is 0 Å². The third-order valence-corrected chi connectivity index (χ3v) is 7.56. The van der Waals surface area contributed by atoms with Crippen molar-refractivity contribution in [3.63, 3.8) is 0 Å². The summed E-state index contributed by atoms with van der Waals surface area (Å²) < 4.78 is 7.69. The van der Waals surface area contributed by atoms with Gasteiger partial charge < -0.3 is 10.1 Å². The zero-order valence-corrected chi connectivity index (χ0v) is 16.2. The maximum absolute atomic E-state index is 5.81. The van der Waals surface area contributed by atoms with Gasteiger partial charge in [-0.05, 0) is 44.0 Å². The van der Waals surface area contributed by atoms with Gasteiger partial charge in [-0.15, -0.1) is 0 Å². The Labute approximate surface area is 144 Å². The lowest BCUT2D eigenvalue weighted by molar-refractivity contribution is -0.0832. The van der Waals surface area contributed by atoms with Gasteiger partial charge in [-0.1, -0.05) is 19.6 Å². The summed E-state index contributed by atoms with van der Waals surface area (Å²) in [6, 6.07) is 3.46. The lowest BCUT2D eigenvalue weighted by Gasteiger charge is -2.71. The summed E-state index contributed by atoms with van der Waals surface area (Å²) in [6.07, 6.45) is 7.72. The van der Waals surface area contributed by atoms with E-state index in [0.717, 1.165) is 17.6 Å². The van der Waals surface area contributed by atoms with E-state index in [0.29, 0.717) is 17.7 Å². The van der Waals surface area contributed by atoms with Crippen molar-refractivity contribution in [3.05, 3.63) is 24.0 Å². The molecule has 0 aliphatic heterocycles. The maximum atomic E-state index is 5.81. The van der Waals surface area contributed by atoms with Crippen molar-refractivity contribution in [2.24, 2.45) is 0 Å². The molecule has 5 rings (SSSR count). The second-order valence-electron chi connectivity index (χ2n) is 8.97. The molecule has 130 valence electrons. The Morgan fingerprint density at radius 2 is 2.00 bits per heavy atom. The molecule has 2 heterocycles. The molecule has 2 aromatic heterocycles. The number of hydrogen-bond donors (Lipinski definition) is 1. The number of ether oxygens (including phenoxy) is 1. The molecule has 24 heavy (non-hydrogen) atoms. The normalized spacial score (nSPS) is 28.7. The summed E-state index contributed by atoms with van der Waals surface area (Å²) in [4.78, 5) is 4.70. The van der Waals surface area contributed by atoms with Crippen LogP contribution in [-0.2, 0) is 16.9 Å². The Kier molecular flexibility index (Phi) is 3.64. The monoisotopic (exact) mass is 344 g/mol. The average Bonchev–Trinajstić information content (AvgIpc) is 2.83. The first kappa shape index (κ1) is 16.2. The Bertz CT molecular complexity index is 744. The van der Waals surface area contributed by atoms with E-state index in [2.05, 4.69) is 49.4 Å². The van der Waals surface area contributed by atoms with E-state index in [1.807, 2.05) is 10.9 Å². The first-order valence-corrected chi connectivity index (χ1v) is 12.6. The Morgan fingerprint density at radius 3 is 2.67 bits per heavy atom. The molecule has 6 heteroatoms. The van der Waals surface area contributed by atoms with Gasteiger partial charge in [0.25, 0.3) is 0 Å². The fourth-order valence-corrected chi connectivity index (χ4v) is 5.00. The van der Waals surface area contributed by atoms with Crippen LogP contribution in [0.5, 0.6) is 0 Å². The Balaban J connectivity index is 1.43. The second kappa shape index (κ2) is 5.38. The molecule has 1 N–H and O–H groups in total. The highest BCUT2D eigenvalue weighted by atomic mass is 28.3. The number of nitrogens with one attached hydrogen (secondary N) is 1. The van der Waals surface area contributed by atoms with E-state index < -0.39 is 8.07 Å². The zero-order valence-electron chi connectivity index (χ0n) is 15.2. The Morgan fingerprint density at radius 1 is 1.25 bits per heavy atom. The minimum Gasteiger partial charge on any atom is -0.359 e. The van der Waals surface area contributed by atoms with Crippen molar-refractivity contribution in [1.29, 1.82) is 0 Å². The molecule has 0 saturated heterocycles. The van der Waals surface area contributed by atoms with Crippen LogP contribution in [0.2, 0.25) is 25.7 Å². The third kappa shape index (κ3) is 2.61. The van der Waals surface area contributed by atoms with Gasteiger partial charge in [-0.25, -0.2) is 9.67 Å². The van der Waals surface area contributed by atoms with Gasteiger partial charge in [0, 0.05) is 37.2 Å². The predicted molar refractivity (Wildman–Crippen MR) is 99.0 cm³/mol. The summed E-state index contributed by atoms with van der Waals surface area (Å²) in [5, 5.41) is 9.06. The van der Waals surface area contributed by atoms with Gasteiger partial charge in [0.1, 0.15) is 6.73 Å². The standard InChI is InChI=1S/C18H28N4OSi/c1-19-18-10-17(11-18,12-18)15-7-14-8-21-22(16(14)20-9-15)13-23-5-6-24(2,3)4/h7-9,19H,5-6,10-13H2,1-4H3. The SMILES string of the molecule is CNC12CC(c3cnc4c(cnn4COCC[Si](C)(C)C)c3)(C1)C2. The third-order valence-electron chi connectivity index (χ3n) is 5.86. The Hall–Kier alpha value is -1.24. The van der Waals surface area contributed by atoms with Gasteiger partial charge in [0.15, 0.2) is 5.65 Å². The summed E-state index contributed by atoms with van der Waals surface area (Å²) >= 11 is 0. The number of aromatic nitrogens is 3. The van der Waals surface area contributed by atoms with Crippen molar-refractivity contribution in [2.75, 3.05) is 13.7 Å². The lowest BCUT2D eigenvalue weighted by atomic mass is 9.37. The highest BCUT2D eigenvalue weighted by Gasteiger charge is 2.67. The molecule has 3 aliphatic carbocycles. The molecular formula is C18H28N4OSi. The van der Waals surface area contributed by atoms with E-state index in [4.69, 9.17) is 9.72 Å². The number of pyridine rings is 1. The molecule has 2 bridgehead atoms. The van der Waals surface area contributed by atoms with E-state index in [-0.39, 0.29) is 0 Å². The van der Waals surface area contributed by atoms with Crippen molar-refractivity contribution in [2.45, 2.75) is 62.6 Å². The van der Waals surface area contributed by atoms with Gasteiger partial charge in [-0.3, -0.25) is 0 Å². The highest BCUT2D eigenvalue weighted by Crippen LogP contribution is 2.67. The summed E-state index contributed by atoms with van der Waals surface area (Å²) in [6.45, 7) is 8.40. The van der Waals surface area contributed by atoms with Crippen LogP contribution in [0.15, 0.2) is 18.5 Å². The van der Waals surface area contributed by atoms with Crippen LogP contribution in [0, 0.1) is 0 Å². The summed E-state index contributed by atoms with van der Waals surface area (Å²) in [5.74, 6) is 0. The van der Waals surface area contributed by atoms with Crippen molar-refractivity contribution >= 4 is 19.1 Å². The van der Waals surface area contributed by atoms with Crippen LogP contribution < -0.4 is 5.32 Å². The van der Waals surface area contributed by atoms with Crippen molar-refractivity contribution in [3.8, 4) is 0 Å². The van der Waals surface area contributed by atoms with Crippen LogP contribution in [0.1, 0.15) is 24.8 Å². The predicted octanol–water partition coefficient (Wildman–Crippen LogP) is 3.14. The molecular weight excluding hydrogens is 316 g/mol. The first-order chi connectivity index (χ1) is 11.3. The van der Waals surface area contributed by atoms with Crippen LogP contribution in [-0.4, -0.2) is 42.0 Å². The molecule has 0 atom stereocenters. The number of nitrogens with zero attached hydrogens (tertiary/aromatic N) is 3. The minimum absolute atomic E-state index is 0.375. The summed E-state index contributed by atoms with van der Waals surface area (Å²) in [5.41, 5.74) is 3.11. The molecule has 5 nitrogen and oxygen atoms in total. The van der Waals surface area contributed by atoms with Crippen molar-refractivity contribution in [1.82, 2.24) is 20.1 Å². The number of hydrogen-bond acceptors (Lipinski definition) is 4. The minimum atomic E-state index is -1.04. The molecule has 3 fully saturated rings. The first-order valence-electron chi connectivity index (χ1n) is 8.94. The van der Waals surface area contributed by atoms with E-state index in [9.17, 15) is 0 Å². The van der Waals surface area contributed by atoms with Crippen LogP contribution in [0.4, 0.5) is 0 Å². The smallest absolute Gasteiger partial charge is 0.160 e. The zero-order chi connectivity index (χ0) is 17.0. The van der Waals surface area contributed by atoms with Gasteiger partial charge >= 0.3 is 0 Å². The molecule has 0 unspecified atom stereocenters. The highest BCUT2D eigenvalue weighted by molar-refractivity contribution is 6.76. The number of rotatable bonds is 7. The molecule has 0 radical (unpaired) electrons. The molecule has 0 spiro atoms. The topological polar surface area (TPSA) is 52.0 Å². The maximum Gasteiger partial charge on any atom is 0.160 e. The van der Waals surface area contributed by atoms with Gasteiger partial charge in [0.05, 0.1) is 6.20 Å². The quantitative estimate of drug-likeness (QED) is 0.619. The van der Waals surface area contributed by atoms with Crippen LogP contribution >= 0.6 is 0 Å².